The molecule has 34 heavy (non-hydrogen) atoms. The fourth-order valence-corrected chi connectivity index (χ4v) is 3.74. The molecule has 3 amide bonds. The topological polar surface area (TPSA) is 126 Å². The van der Waals surface area contributed by atoms with Crippen molar-refractivity contribution in [2.45, 2.75) is 18.9 Å². The first-order valence-electron chi connectivity index (χ1n) is 10.8. The third-order valence-corrected chi connectivity index (χ3v) is 5.50. The van der Waals surface area contributed by atoms with Crippen molar-refractivity contribution in [3.05, 3.63) is 78.0 Å². The Morgan fingerprint density at radius 2 is 1.65 bits per heavy atom. The molecule has 0 spiro atoms. The van der Waals surface area contributed by atoms with Crippen LogP contribution in [0.4, 0.5) is 5.82 Å². The smallest absolute Gasteiger partial charge is 0.275 e. The van der Waals surface area contributed by atoms with Gasteiger partial charge < -0.3 is 20.3 Å². The van der Waals surface area contributed by atoms with Crippen molar-refractivity contribution in [3.8, 4) is 5.75 Å². The van der Waals surface area contributed by atoms with E-state index in [0.717, 1.165) is 0 Å². The lowest BCUT2D eigenvalue weighted by atomic mass is 10.0. The Bertz CT molecular complexity index is 1180. The lowest BCUT2D eigenvalue weighted by molar-refractivity contribution is 0.0694. The van der Waals surface area contributed by atoms with Gasteiger partial charge in [0.25, 0.3) is 17.7 Å². The highest BCUT2D eigenvalue weighted by atomic mass is 16.5. The van der Waals surface area contributed by atoms with Crippen LogP contribution in [0.1, 0.15) is 44.2 Å². The Hall–Kier alpha value is -4.34. The molecular weight excluding hydrogens is 436 g/mol. The minimum Gasteiger partial charge on any atom is -0.496 e. The first kappa shape index (κ1) is 22.8. The molecule has 174 valence electrons. The second kappa shape index (κ2) is 10.5. The Labute approximate surface area is 196 Å². The number of carbonyl (C=O) groups is 3. The largest absolute Gasteiger partial charge is 0.496 e. The fraction of sp³-hybridized carbons (Fsp3) is 0.250. The predicted octanol–water partition coefficient (Wildman–Crippen LogP) is 2.17. The Balaban J connectivity index is 1.36. The van der Waals surface area contributed by atoms with E-state index in [9.17, 15) is 14.4 Å². The molecule has 0 radical (unpaired) electrons. The number of methoxy groups -OCH3 is 1. The number of piperidine rings is 1. The molecule has 0 saturated carbocycles. The van der Waals surface area contributed by atoms with E-state index in [1.807, 2.05) is 6.07 Å². The fourth-order valence-electron chi connectivity index (χ4n) is 3.74. The highest BCUT2D eigenvalue weighted by Crippen LogP contribution is 2.22. The van der Waals surface area contributed by atoms with Crippen LogP contribution in [0.5, 0.6) is 5.75 Å². The summed E-state index contributed by atoms with van der Waals surface area (Å²) in [6, 6.07) is 11.9. The van der Waals surface area contributed by atoms with Crippen LogP contribution in [0.25, 0.3) is 0 Å². The van der Waals surface area contributed by atoms with E-state index in [4.69, 9.17) is 4.74 Å². The van der Waals surface area contributed by atoms with Crippen LogP contribution in [0, 0.1) is 0 Å². The van der Waals surface area contributed by atoms with E-state index in [2.05, 4.69) is 25.6 Å². The van der Waals surface area contributed by atoms with Gasteiger partial charge in [-0.15, -0.1) is 0 Å². The quantitative estimate of drug-likeness (QED) is 0.577. The molecule has 1 saturated heterocycles. The lowest BCUT2D eigenvalue weighted by Gasteiger charge is -2.32. The molecule has 0 atom stereocenters. The monoisotopic (exact) mass is 460 g/mol. The van der Waals surface area contributed by atoms with Crippen LogP contribution in [0.15, 0.2) is 61.1 Å². The minimum absolute atomic E-state index is 0.0132. The summed E-state index contributed by atoms with van der Waals surface area (Å²) in [7, 11) is 1.54. The second-order valence-corrected chi connectivity index (χ2v) is 7.66. The highest BCUT2D eigenvalue weighted by Gasteiger charge is 2.27. The number of benzene rings is 1. The molecule has 0 aliphatic carbocycles. The molecule has 0 bridgehead atoms. The van der Waals surface area contributed by atoms with Gasteiger partial charge in [-0.1, -0.05) is 18.2 Å². The second-order valence-electron chi connectivity index (χ2n) is 7.66. The zero-order valence-electron chi connectivity index (χ0n) is 18.6. The van der Waals surface area contributed by atoms with Gasteiger partial charge in [-0.05, 0) is 37.1 Å². The van der Waals surface area contributed by atoms with Gasteiger partial charge in [0.05, 0.1) is 12.7 Å². The van der Waals surface area contributed by atoms with E-state index in [0.29, 0.717) is 37.2 Å². The summed E-state index contributed by atoms with van der Waals surface area (Å²) in [6.07, 6.45) is 5.46. The van der Waals surface area contributed by atoms with Gasteiger partial charge in [0.2, 0.25) is 0 Å². The van der Waals surface area contributed by atoms with Gasteiger partial charge in [0.15, 0.2) is 11.5 Å². The average Bonchev–Trinajstić information content (AvgIpc) is 2.89. The van der Waals surface area contributed by atoms with Crippen LogP contribution in [0.2, 0.25) is 0 Å². The number of amides is 3. The van der Waals surface area contributed by atoms with Crippen molar-refractivity contribution in [2.75, 3.05) is 25.5 Å². The maximum Gasteiger partial charge on any atom is 0.275 e. The van der Waals surface area contributed by atoms with E-state index in [1.54, 1.807) is 41.3 Å². The summed E-state index contributed by atoms with van der Waals surface area (Å²) in [6.45, 7) is 0.983. The summed E-state index contributed by atoms with van der Waals surface area (Å²) in [4.78, 5) is 52.2. The van der Waals surface area contributed by atoms with E-state index in [-0.39, 0.29) is 29.2 Å². The molecule has 2 aromatic heterocycles. The number of para-hydroxylation sites is 1. The van der Waals surface area contributed by atoms with Crippen LogP contribution in [-0.2, 0) is 0 Å². The maximum absolute atomic E-state index is 12.9. The lowest BCUT2D eigenvalue weighted by Crippen LogP contribution is -2.46. The van der Waals surface area contributed by atoms with Gasteiger partial charge >= 0.3 is 0 Å². The number of likely N-dealkylation sites (tertiary alicyclic amines) is 1. The third-order valence-electron chi connectivity index (χ3n) is 5.50. The average molecular weight is 460 g/mol. The molecule has 10 heteroatoms. The van der Waals surface area contributed by atoms with Crippen molar-refractivity contribution in [2.24, 2.45) is 0 Å². The molecule has 4 rings (SSSR count). The zero-order chi connectivity index (χ0) is 23.9. The number of hydrogen-bond acceptors (Lipinski definition) is 7. The molecule has 3 heterocycles. The molecule has 1 fully saturated rings. The summed E-state index contributed by atoms with van der Waals surface area (Å²) >= 11 is 0. The number of ether oxygens (including phenoxy) is 1. The van der Waals surface area contributed by atoms with Crippen molar-refractivity contribution in [3.63, 3.8) is 0 Å². The number of nitrogens with zero attached hydrogens (tertiary/aromatic N) is 4. The van der Waals surface area contributed by atoms with Gasteiger partial charge in [0.1, 0.15) is 11.4 Å². The summed E-state index contributed by atoms with van der Waals surface area (Å²) < 4.78 is 5.30. The minimum atomic E-state index is -0.488. The SMILES string of the molecule is COc1ccccc1C(=O)N1CCC(NC(=O)c2nccnc2NC(=O)c2ccccn2)CC1. The van der Waals surface area contributed by atoms with Crippen molar-refractivity contribution >= 4 is 23.5 Å². The van der Waals surface area contributed by atoms with Crippen LogP contribution in [0.3, 0.4) is 0 Å². The van der Waals surface area contributed by atoms with Crippen molar-refractivity contribution < 1.29 is 19.1 Å². The first-order chi connectivity index (χ1) is 16.6. The van der Waals surface area contributed by atoms with E-state index < -0.39 is 11.8 Å². The number of hydrogen-bond donors (Lipinski definition) is 2. The van der Waals surface area contributed by atoms with Crippen molar-refractivity contribution in [1.29, 1.82) is 0 Å². The van der Waals surface area contributed by atoms with E-state index >= 15 is 0 Å². The number of carbonyl (C=O) groups excluding carboxylic acids is 3. The predicted molar refractivity (Wildman–Crippen MR) is 124 cm³/mol. The van der Waals surface area contributed by atoms with Gasteiger partial charge in [-0.2, -0.15) is 0 Å². The number of aromatic nitrogens is 3. The molecule has 10 nitrogen and oxygen atoms in total. The number of anilines is 1. The number of rotatable bonds is 6. The van der Waals surface area contributed by atoms with Gasteiger partial charge in [-0.3, -0.25) is 19.4 Å². The summed E-state index contributed by atoms with van der Waals surface area (Å²) in [5.41, 5.74) is 0.728. The molecule has 0 unspecified atom stereocenters. The number of nitrogens with one attached hydrogen (secondary N) is 2. The van der Waals surface area contributed by atoms with Crippen molar-refractivity contribution in [1.82, 2.24) is 25.2 Å². The molecule has 1 aliphatic heterocycles. The molecular formula is C24H24N6O4. The van der Waals surface area contributed by atoms with Gasteiger partial charge in [0, 0.05) is 37.7 Å². The number of pyridine rings is 1. The maximum atomic E-state index is 12.9. The molecule has 1 aliphatic rings. The van der Waals surface area contributed by atoms with E-state index in [1.165, 1.54) is 25.7 Å². The van der Waals surface area contributed by atoms with Crippen LogP contribution in [-0.4, -0.2) is 63.8 Å². The molecule has 2 N–H and O–H groups in total. The Morgan fingerprint density at radius 3 is 2.38 bits per heavy atom. The normalized spacial score (nSPS) is 13.7. The Morgan fingerprint density at radius 1 is 0.912 bits per heavy atom. The third kappa shape index (κ3) is 5.17. The molecule has 1 aromatic carbocycles. The highest BCUT2D eigenvalue weighted by molar-refractivity contribution is 6.06. The molecule has 3 aromatic rings. The van der Waals surface area contributed by atoms with Gasteiger partial charge in [-0.25, -0.2) is 9.97 Å². The zero-order valence-corrected chi connectivity index (χ0v) is 18.6. The standard InChI is InChI=1S/C24H24N6O4/c1-34-19-8-3-2-6-17(19)24(33)30-14-9-16(10-15-30)28-23(32)20-21(27-13-12-26-20)29-22(31)18-7-4-5-11-25-18/h2-8,11-13,16H,9-10,14-15H2,1H3,(H,28,32)(H,27,29,31). The first-order valence-corrected chi connectivity index (χ1v) is 10.8. The summed E-state index contributed by atoms with van der Waals surface area (Å²) in [5.74, 6) is -0.446. The summed E-state index contributed by atoms with van der Waals surface area (Å²) in [5, 5.41) is 5.53. The van der Waals surface area contributed by atoms with Crippen LogP contribution >= 0.6 is 0 Å². The van der Waals surface area contributed by atoms with Crippen LogP contribution < -0.4 is 15.4 Å². The Kier molecular flexibility index (Phi) is 7.07.